The van der Waals surface area contributed by atoms with E-state index in [9.17, 15) is 4.55 Å². The van der Waals surface area contributed by atoms with Gasteiger partial charge in [0.1, 0.15) is 0 Å². The number of rotatable bonds is 2. The fraction of sp³-hybridized carbons (Fsp3) is 0. The molecule has 6 heteroatoms. The van der Waals surface area contributed by atoms with Gasteiger partial charge in [-0.25, -0.2) is 0 Å². The summed E-state index contributed by atoms with van der Waals surface area (Å²) in [7, 11) is 0. The number of nitrogens with two attached hydrogens (primary N) is 2. The molecule has 0 amide bonds. The average molecular weight is 301 g/mol. The van der Waals surface area contributed by atoms with Gasteiger partial charge in [-0.05, 0) is 24.3 Å². The minimum atomic E-state index is -1.36. The van der Waals surface area contributed by atoms with Crippen molar-refractivity contribution in [3.63, 3.8) is 0 Å². The first kappa shape index (κ1) is 13.4. The van der Waals surface area contributed by atoms with Crippen LogP contribution in [0.2, 0.25) is 10.0 Å². The molecule has 94 valence electrons. The fourth-order valence-corrected chi connectivity index (χ4v) is 2.98. The molecule has 0 bridgehead atoms. The zero-order valence-electron chi connectivity index (χ0n) is 9.19. The molecule has 2 aromatic rings. The molecule has 0 heterocycles. The van der Waals surface area contributed by atoms with Gasteiger partial charge in [0, 0.05) is 23.3 Å². The van der Waals surface area contributed by atoms with Crippen LogP contribution in [0.5, 0.6) is 0 Å². The van der Waals surface area contributed by atoms with E-state index in [2.05, 4.69) is 0 Å². The number of nitrogen functional groups attached to an aromatic ring is 2. The van der Waals surface area contributed by atoms with Crippen molar-refractivity contribution in [3.8, 4) is 0 Å². The van der Waals surface area contributed by atoms with Crippen LogP contribution in [0, 0.1) is 0 Å². The third-order valence-electron chi connectivity index (χ3n) is 2.37. The van der Waals surface area contributed by atoms with Gasteiger partial charge in [-0.15, -0.1) is 0 Å². The summed E-state index contributed by atoms with van der Waals surface area (Å²) >= 11 is 10.4. The molecule has 0 atom stereocenters. The van der Waals surface area contributed by atoms with E-state index >= 15 is 0 Å². The van der Waals surface area contributed by atoms with Gasteiger partial charge in [-0.1, -0.05) is 23.2 Å². The highest BCUT2D eigenvalue weighted by atomic mass is 35.5. The molecule has 0 aliphatic carbocycles. The van der Waals surface area contributed by atoms with Crippen LogP contribution in [0.4, 0.5) is 11.4 Å². The maximum Gasteiger partial charge on any atom is 0.160 e. The first-order chi connectivity index (χ1) is 8.49. The summed E-state index contributed by atoms with van der Waals surface area (Å²) in [6, 6.07) is 9.74. The summed E-state index contributed by atoms with van der Waals surface area (Å²) in [5.74, 6) is 0. The second kappa shape index (κ2) is 5.28. The zero-order chi connectivity index (χ0) is 13.3. The summed E-state index contributed by atoms with van der Waals surface area (Å²) in [5, 5.41) is 0.754. The molecule has 0 aliphatic heterocycles. The smallest absolute Gasteiger partial charge is 0.160 e. The van der Waals surface area contributed by atoms with Crippen molar-refractivity contribution in [1.82, 2.24) is 0 Å². The molecule has 18 heavy (non-hydrogen) atoms. The Morgan fingerprint density at radius 1 is 0.833 bits per heavy atom. The largest absolute Gasteiger partial charge is 0.606 e. The van der Waals surface area contributed by atoms with Crippen molar-refractivity contribution < 1.29 is 4.55 Å². The van der Waals surface area contributed by atoms with Crippen LogP contribution < -0.4 is 11.5 Å². The Kier molecular flexibility index (Phi) is 3.92. The van der Waals surface area contributed by atoms with Crippen LogP contribution >= 0.6 is 23.2 Å². The molecule has 4 N–H and O–H groups in total. The zero-order valence-corrected chi connectivity index (χ0v) is 11.5. The third-order valence-corrected chi connectivity index (χ3v) is 4.39. The van der Waals surface area contributed by atoms with Crippen LogP contribution in [0.1, 0.15) is 0 Å². The normalized spacial score (nSPS) is 10.9. The summed E-state index contributed by atoms with van der Waals surface area (Å²) in [6.07, 6.45) is 0. The molecule has 0 saturated heterocycles. The molecular weight excluding hydrogens is 291 g/mol. The van der Waals surface area contributed by atoms with Crippen LogP contribution in [-0.2, 0) is 11.2 Å². The molecule has 0 unspecified atom stereocenters. The van der Waals surface area contributed by atoms with E-state index < -0.39 is 11.2 Å². The Morgan fingerprint density at radius 2 is 1.22 bits per heavy atom. The lowest BCUT2D eigenvalue weighted by atomic mass is 10.3. The number of halogens is 2. The second-order valence-electron chi connectivity index (χ2n) is 3.64. The minimum Gasteiger partial charge on any atom is -0.606 e. The van der Waals surface area contributed by atoms with Gasteiger partial charge in [0.05, 0.1) is 21.4 Å². The van der Waals surface area contributed by atoms with Gasteiger partial charge in [0.15, 0.2) is 9.79 Å². The molecule has 0 spiro atoms. The topological polar surface area (TPSA) is 75.1 Å². The molecule has 0 aromatic heterocycles. The minimum absolute atomic E-state index is 0.377. The molecule has 0 saturated carbocycles. The standard InChI is InChI=1S/C12H10Cl2N2OS/c13-9-5-7(1-3-11(9)15)18(17)8-2-4-12(16)10(14)6-8/h1-6H,15-16H2. The maximum absolute atomic E-state index is 12.3. The maximum atomic E-state index is 12.3. The Balaban J connectivity index is 2.37. The van der Waals surface area contributed by atoms with Crippen LogP contribution in [-0.4, -0.2) is 4.55 Å². The molecule has 3 nitrogen and oxygen atoms in total. The highest BCUT2D eigenvalue weighted by Crippen LogP contribution is 2.29. The molecule has 2 aromatic carbocycles. The number of anilines is 2. The van der Waals surface area contributed by atoms with E-state index in [0.29, 0.717) is 31.2 Å². The monoisotopic (exact) mass is 300 g/mol. The van der Waals surface area contributed by atoms with Crippen molar-refractivity contribution >= 4 is 45.8 Å². The summed E-state index contributed by atoms with van der Waals surface area (Å²) in [6.45, 7) is 0. The van der Waals surface area contributed by atoms with Gasteiger partial charge in [-0.2, -0.15) is 0 Å². The van der Waals surface area contributed by atoms with Gasteiger partial charge in [-0.3, -0.25) is 0 Å². The average Bonchev–Trinajstić information content (AvgIpc) is 2.35. The molecule has 0 aliphatic rings. The predicted molar refractivity (Wildman–Crippen MR) is 76.4 cm³/mol. The number of benzene rings is 2. The van der Waals surface area contributed by atoms with Crippen LogP contribution in [0.25, 0.3) is 0 Å². The first-order valence-electron chi connectivity index (χ1n) is 5.01. The van der Waals surface area contributed by atoms with Gasteiger partial charge in [0.25, 0.3) is 0 Å². The fourth-order valence-electron chi connectivity index (χ4n) is 1.38. The Morgan fingerprint density at radius 3 is 1.56 bits per heavy atom. The lowest BCUT2D eigenvalue weighted by molar-refractivity contribution is 0.595. The van der Waals surface area contributed by atoms with E-state index in [1.54, 1.807) is 36.4 Å². The Bertz CT molecular complexity index is 541. The third kappa shape index (κ3) is 2.67. The molecular formula is C12H10Cl2N2OS. The molecule has 0 radical (unpaired) electrons. The molecule has 2 rings (SSSR count). The second-order valence-corrected chi connectivity index (χ2v) is 5.93. The summed E-state index contributed by atoms with van der Waals surface area (Å²) in [4.78, 5) is 1.13. The number of hydrogen-bond acceptors (Lipinski definition) is 3. The van der Waals surface area contributed by atoms with E-state index in [-0.39, 0.29) is 0 Å². The number of hydrogen-bond donors (Lipinski definition) is 2. The highest BCUT2D eigenvalue weighted by molar-refractivity contribution is 7.91. The first-order valence-corrected chi connectivity index (χ1v) is 6.91. The van der Waals surface area contributed by atoms with Crippen molar-refractivity contribution in [2.45, 2.75) is 9.79 Å². The quantitative estimate of drug-likeness (QED) is 0.660. The van der Waals surface area contributed by atoms with Gasteiger partial charge < -0.3 is 16.0 Å². The lowest BCUT2D eigenvalue weighted by Crippen LogP contribution is -2.03. The summed E-state index contributed by atoms with van der Waals surface area (Å²) in [5.41, 5.74) is 12.1. The van der Waals surface area contributed by atoms with Crippen molar-refractivity contribution in [2.24, 2.45) is 0 Å². The van der Waals surface area contributed by atoms with E-state index in [1.165, 1.54) is 0 Å². The lowest BCUT2D eigenvalue weighted by Gasteiger charge is -2.11. The van der Waals surface area contributed by atoms with Crippen molar-refractivity contribution in [2.75, 3.05) is 11.5 Å². The van der Waals surface area contributed by atoms with E-state index in [1.807, 2.05) is 0 Å². The highest BCUT2D eigenvalue weighted by Gasteiger charge is 2.17. The van der Waals surface area contributed by atoms with Crippen LogP contribution in [0.3, 0.4) is 0 Å². The molecule has 0 fully saturated rings. The van der Waals surface area contributed by atoms with E-state index in [4.69, 9.17) is 34.7 Å². The van der Waals surface area contributed by atoms with Crippen molar-refractivity contribution in [3.05, 3.63) is 46.4 Å². The predicted octanol–water partition coefficient (Wildman–Crippen LogP) is 3.32. The summed E-state index contributed by atoms with van der Waals surface area (Å²) < 4.78 is 12.3. The van der Waals surface area contributed by atoms with Gasteiger partial charge in [0.2, 0.25) is 0 Å². The van der Waals surface area contributed by atoms with Crippen LogP contribution in [0.15, 0.2) is 46.2 Å². The van der Waals surface area contributed by atoms with Crippen molar-refractivity contribution in [1.29, 1.82) is 0 Å². The Labute approximate surface area is 118 Å². The van der Waals surface area contributed by atoms with E-state index in [0.717, 1.165) is 0 Å². The Hall–Kier alpha value is -1.07. The SMILES string of the molecule is Nc1ccc([S+]([O-])c2ccc(N)c(Cl)c2)cc1Cl. The van der Waals surface area contributed by atoms with Gasteiger partial charge >= 0.3 is 0 Å².